The van der Waals surface area contributed by atoms with Gasteiger partial charge in [-0.15, -0.1) is 11.8 Å². The molecule has 1 aromatic rings. The van der Waals surface area contributed by atoms with Gasteiger partial charge in [0.1, 0.15) is 0 Å². The zero-order valence-electron chi connectivity index (χ0n) is 11.3. The number of thioether (sulfide) groups is 1. The lowest BCUT2D eigenvalue weighted by molar-refractivity contribution is 0.510. The van der Waals surface area contributed by atoms with Gasteiger partial charge < -0.3 is 5.32 Å². The van der Waals surface area contributed by atoms with E-state index in [1.165, 1.54) is 35.5 Å². The summed E-state index contributed by atoms with van der Waals surface area (Å²) >= 11 is 1.99. The van der Waals surface area contributed by atoms with Crippen molar-refractivity contribution < 1.29 is 0 Å². The molecule has 1 unspecified atom stereocenters. The summed E-state index contributed by atoms with van der Waals surface area (Å²) in [7, 11) is 0. The van der Waals surface area contributed by atoms with Gasteiger partial charge in [0.25, 0.3) is 0 Å². The van der Waals surface area contributed by atoms with Crippen LogP contribution >= 0.6 is 11.8 Å². The summed E-state index contributed by atoms with van der Waals surface area (Å²) in [6.07, 6.45) is 3.93. The second kappa shape index (κ2) is 8.60. The van der Waals surface area contributed by atoms with Crippen LogP contribution in [0.3, 0.4) is 0 Å². The van der Waals surface area contributed by atoms with Crippen LogP contribution in [0, 0.1) is 6.92 Å². The zero-order chi connectivity index (χ0) is 12.5. The summed E-state index contributed by atoms with van der Waals surface area (Å²) in [6.45, 7) is 7.72. The topological polar surface area (TPSA) is 12.0 Å². The molecule has 2 heteroatoms. The third-order valence-corrected chi connectivity index (χ3v) is 4.20. The maximum Gasteiger partial charge on any atom is 0.0101 e. The highest BCUT2D eigenvalue weighted by molar-refractivity contribution is 7.99. The SMILES string of the molecule is CCNC(C)CCCCSc1ccccc1C. The molecule has 0 fully saturated rings. The number of nitrogens with one attached hydrogen (secondary N) is 1. The fourth-order valence-corrected chi connectivity index (χ4v) is 2.94. The van der Waals surface area contributed by atoms with E-state index in [9.17, 15) is 0 Å². The molecule has 0 saturated heterocycles. The van der Waals surface area contributed by atoms with Crippen LogP contribution in [-0.2, 0) is 0 Å². The van der Waals surface area contributed by atoms with Crippen molar-refractivity contribution in [2.24, 2.45) is 0 Å². The van der Waals surface area contributed by atoms with Gasteiger partial charge in [-0.25, -0.2) is 0 Å². The summed E-state index contributed by atoms with van der Waals surface area (Å²) in [4.78, 5) is 1.44. The number of rotatable bonds is 8. The highest BCUT2D eigenvalue weighted by atomic mass is 32.2. The molecule has 0 saturated carbocycles. The van der Waals surface area contributed by atoms with Crippen molar-refractivity contribution >= 4 is 11.8 Å². The van der Waals surface area contributed by atoms with E-state index in [4.69, 9.17) is 0 Å². The van der Waals surface area contributed by atoms with E-state index < -0.39 is 0 Å². The molecule has 0 heterocycles. The molecule has 17 heavy (non-hydrogen) atoms. The van der Waals surface area contributed by atoms with Crippen molar-refractivity contribution in [1.82, 2.24) is 5.32 Å². The lowest BCUT2D eigenvalue weighted by Crippen LogP contribution is -2.25. The first kappa shape index (κ1) is 14.6. The Morgan fingerprint density at radius 1 is 1.24 bits per heavy atom. The van der Waals surface area contributed by atoms with Crippen molar-refractivity contribution in [1.29, 1.82) is 0 Å². The quantitative estimate of drug-likeness (QED) is 0.547. The van der Waals surface area contributed by atoms with Crippen LogP contribution in [0.2, 0.25) is 0 Å². The Bertz CT molecular complexity index is 312. The van der Waals surface area contributed by atoms with Crippen LogP contribution in [0.15, 0.2) is 29.2 Å². The second-order valence-electron chi connectivity index (χ2n) is 4.57. The zero-order valence-corrected chi connectivity index (χ0v) is 12.1. The molecule has 0 spiro atoms. The van der Waals surface area contributed by atoms with Gasteiger partial charge >= 0.3 is 0 Å². The van der Waals surface area contributed by atoms with Crippen LogP contribution in [-0.4, -0.2) is 18.3 Å². The molecule has 0 aliphatic carbocycles. The highest BCUT2D eigenvalue weighted by Crippen LogP contribution is 2.23. The maximum absolute atomic E-state index is 3.46. The van der Waals surface area contributed by atoms with Crippen molar-refractivity contribution in [3.05, 3.63) is 29.8 Å². The van der Waals surface area contributed by atoms with E-state index in [1.54, 1.807) is 0 Å². The molecule has 96 valence electrons. The summed E-state index contributed by atoms with van der Waals surface area (Å²) < 4.78 is 0. The average molecular weight is 251 g/mol. The Morgan fingerprint density at radius 2 is 2.00 bits per heavy atom. The molecule has 0 aliphatic rings. The lowest BCUT2D eigenvalue weighted by Gasteiger charge is -2.11. The Hall–Kier alpha value is -0.470. The van der Waals surface area contributed by atoms with E-state index in [2.05, 4.69) is 50.4 Å². The molecule has 0 bridgehead atoms. The van der Waals surface area contributed by atoms with E-state index in [0.29, 0.717) is 6.04 Å². The summed E-state index contributed by atoms with van der Waals surface area (Å²) in [5, 5.41) is 3.46. The van der Waals surface area contributed by atoms with Gasteiger partial charge in [0.15, 0.2) is 0 Å². The molecule has 1 nitrogen and oxygen atoms in total. The lowest BCUT2D eigenvalue weighted by atomic mass is 10.1. The van der Waals surface area contributed by atoms with Gasteiger partial charge in [-0.2, -0.15) is 0 Å². The minimum atomic E-state index is 0.670. The first-order valence-corrected chi connectivity index (χ1v) is 7.64. The number of aryl methyl sites for hydroxylation is 1. The van der Waals surface area contributed by atoms with Gasteiger partial charge in [-0.1, -0.05) is 31.5 Å². The highest BCUT2D eigenvalue weighted by Gasteiger charge is 2.00. The molecule has 1 rings (SSSR count). The fraction of sp³-hybridized carbons (Fsp3) is 0.600. The normalized spacial score (nSPS) is 12.6. The number of hydrogen-bond donors (Lipinski definition) is 1. The predicted molar refractivity (Wildman–Crippen MR) is 78.9 cm³/mol. The van der Waals surface area contributed by atoms with Crippen LogP contribution in [0.5, 0.6) is 0 Å². The third-order valence-electron chi connectivity index (χ3n) is 2.94. The van der Waals surface area contributed by atoms with Crippen LogP contribution in [0.25, 0.3) is 0 Å². The molecule has 0 radical (unpaired) electrons. The Morgan fingerprint density at radius 3 is 2.71 bits per heavy atom. The van der Waals surface area contributed by atoms with E-state index in [-0.39, 0.29) is 0 Å². The number of unbranched alkanes of at least 4 members (excludes halogenated alkanes) is 1. The standard InChI is InChI=1S/C15H25NS/c1-4-16-14(3)10-7-8-12-17-15-11-6-5-9-13(15)2/h5-6,9,11,14,16H,4,7-8,10,12H2,1-3H3. The molecule has 1 atom stereocenters. The summed E-state index contributed by atoms with van der Waals surface area (Å²) in [5.41, 5.74) is 1.40. The molecule has 0 aromatic heterocycles. The Kier molecular flexibility index (Phi) is 7.38. The Balaban J connectivity index is 2.10. The molecule has 1 N–H and O–H groups in total. The van der Waals surface area contributed by atoms with Gasteiger partial charge in [-0.3, -0.25) is 0 Å². The number of benzene rings is 1. The summed E-state index contributed by atoms with van der Waals surface area (Å²) in [6, 6.07) is 9.32. The molecular weight excluding hydrogens is 226 g/mol. The van der Waals surface area contributed by atoms with Crippen molar-refractivity contribution in [3.8, 4) is 0 Å². The number of hydrogen-bond acceptors (Lipinski definition) is 2. The second-order valence-corrected chi connectivity index (χ2v) is 5.71. The average Bonchev–Trinajstić information content (AvgIpc) is 2.31. The smallest absolute Gasteiger partial charge is 0.0101 e. The maximum atomic E-state index is 3.46. The van der Waals surface area contributed by atoms with Gasteiger partial charge in [0, 0.05) is 10.9 Å². The third kappa shape index (κ3) is 6.13. The van der Waals surface area contributed by atoms with Gasteiger partial charge in [0.2, 0.25) is 0 Å². The first-order valence-electron chi connectivity index (χ1n) is 6.66. The summed E-state index contributed by atoms with van der Waals surface area (Å²) in [5.74, 6) is 1.24. The van der Waals surface area contributed by atoms with Gasteiger partial charge in [0.05, 0.1) is 0 Å². The van der Waals surface area contributed by atoms with Crippen LogP contribution in [0.4, 0.5) is 0 Å². The minimum Gasteiger partial charge on any atom is -0.315 e. The van der Waals surface area contributed by atoms with Crippen molar-refractivity contribution in [3.63, 3.8) is 0 Å². The van der Waals surface area contributed by atoms with E-state index in [1.807, 2.05) is 11.8 Å². The molecule has 0 amide bonds. The molecule has 0 aliphatic heterocycles. The predicted octanol–water partition coefficient (Wildman–Crippen LogP) is 4.26. The monoisotopic (exact) mass is 251 g/mol. The minimum absolute atomic E-state index is 0.670. The van der Waals surface area contributed by atoms with Crippen molar-refractivity contribution in [2.75, 3.05) is 12.3 Å². The molecular formula is C15H25NS. The fourth-order valence-electron chi connectivity index (χ4n) is 1.90. The van der Waals surface area contributed by atoms with Gasteiger partial charge in [-0.05, 0) is 50.6 Å². The first-order chi connectivity index (χ1) is 8.24. The van der Waals surface area contributed by atoms with Crippen LogP contribution < -0.4 is 5.32 Å². The van der Waals surface area contributed by atoms with E-state index >= 15 is 0 Å². The largest absolute Gasteiger partial charge is 0.315 e. The van der Waals surface area contributed by atoms with Crippen LogP contribution in [0.1, 0.15) is 38.7 Å². The van der Waals surface area contributed by atoms with E-state index in [0.717, 1.165) is 6.54 Å². The molecule has 1 aromatic carbocycles. The Labute approximate surface area is 110 Å². The van der Waals surface area contributed by atoms with Crippen molar-refractivity contribution in [2.45, 2.75) is 51.0 Å².